The number of methoxy groups -OCH3 is 2. The Morgan fingerprint density at radius 2 is 1.79 bits per heavy atom. The van der Waals surface area contributed by atoms with Gasteiger partial charge < -0.3 is 14.8 Å². The predicted molar refractivity (Wildman–Crippen MR) is 101 cm³/mol. The molecule has 0 bridgehead atoms. The number of nitrogens with one attached hydrogen (secondary N) is 1. The molecule has 1 heterocycles. The van der Waals surface area contributed by atoms with Crippen LogP contribution in [0.25, 0.3) is 0 Å². The molecule has 1 amide bonds. The third-order valence-corrected chi connectivity index (χ3v) is 4.12. The van der Waals surface area contributed by atoms with Crippen molar-refractivity contribution in [2.45, 2.75) is 12.6 Å². The number of hydrogen-bond donors (Lipinski definition) is 1. The third-order valence-electron chi connectivity index (χ3n) is 4.12. The molecule has 1 atom stereocenters. The van der Waals surface area contributed by atoms with Crippen LogP contribution in [-0.2, 0) is 16.1 Å². The lowest BCUT2D eigenvalue weighted by Gasteiger charge is -2.15. The summed E-state index contributed by atoms with van der Waals surface area (Å²) < 4.78 is 11.5. The van der Waals surface area contributed by atoms with E-state index in [2.05, 4.69) is 15.6 Å². The molecule has 0 saturated heterocycles. The highest BCUT2D eigenvalue weighted by Crippen LogP contribution is 2.15. The van der Waals surface area contributed by atoms with Crippen molar-refractivity contribution in [2.75, 3.05) is 14.2 Å². The van der Waals surface area contributed by atoms with Crippen molar-refractivity contribution in [3.05, 3.63) is 77.6 Å². The summed E-state index contributed by atoms with van der Waals surface area (Å²) in [6.45, 7) is 0.448. The van der Waals surface area contributed by atoms with Crippen LogP contribution < -0.4 is 10.1 Å². The fourth-order valence-corrected chi connectivity index (χ4v) is 2.64. The molecule has 0 spiro atoms. The van der Waals surface area contributed by atoms with Crippen molar-refractivity contribution in [1.82, 2.24) is 20.3 Å². The monoisotopic (exact) mass is 380 g/mol. The highest BCUT2D eigenvalue weighted by Gasteiger charge is 2.25. The van der Waals surface area contributed by atoms with E-state index < -0.39 is 17.9 Å². The lowest BCUT2D eigenvalue weighted by atomic mass is 10.1. The summed E-state index contributed by atoms with van der Waals surface area (Å²) in [5.74, 6) is -0.317. The second-order valence-electron chi connectivity index (χ2n) is 5.99. The number of amides is 1. The summed E-state index contributed by atoms with van der Waals surface area (Å²) >= 11 is 0. The molecule has 0 aliphatic carbocycles. The first-order valence-corrected chi connectivity index (χ1v) is 8.57. The Kier molecular flexibility index (Phi) is 6.01. The highest BCUT2D eigenvalue weighted by atomic mass is 16.5. The number of nitrogens with zero attached hydrogens (tertiary/aromatic N) is 3. The van der Waals surface area contributed by atoms with Gasteiger partial charge in [0.25, 0.3) is 5.91 Å². The van der Waals surface area contributed by atoms with Crippen molar-refractivity contribution < 1.29 is 19.1 Å². The second-order valence-corrected chi connectivity index (χ2v) is 5.99. The first-order valence-electron chi connectivity index (χ1n) is 8.57. The van der Waals surface area contributed by atoms with Crippen LogP contribution in [0.4, 0.5) is 0 Å². The maximum absolute atomic E-state index is 12.5. The zero-order chi connectivity index (χ0) is 19.9. The van der Waals surface area contributed by atoms with Crippen LogP contribution >= 0.6 is 0 Å². The number of benzene rings is 2. The maximum Gasteiger partial charge on any atom is 0.333 e. The van der Waals surface area contributed by atoms with Gasteiger partial charge in [0.15, 0.2) is 11.7 Å². The molecule has 0 unspecified atom stereocenters. The van der Waals surface area contributed by atoms with Crippen molar-refractivity contribution in [2.24, 2.45) is 0 Å². The molecule has 8 heteroatoms. The van der Waals surface area contributed by atoms with Crippen LogP contribution in [0.1, 0.15) is 27.7 Å². The largest absolute Gasteiger partial charge is 0.497 e. The number of hydrogen-bond acceptors (Lipinski definition) is 6. The van der Waals surface area contributed by atoms with E-state index in [1.807, 2.05) is 30.3 Å². The number of rotatable bonds is 7. The normalized spacial score (nSPS) is 11.5. The zero-order valence-corrected chi connectivity index (χ0v) is 15.5. The molecule has 8 nitrogen and oxygen atoms in total. The van der Waals surface area contributed by atoms with Gasteiger partial charge >= 0.3 is 5.97 Å². The van der Waals surface area contributed by atoms with Crippen LogP contribution in [0.3, 0.4) is 0 Å². The number of esters is 1. The summed E-state index contributed by atoms with van der Waals surface area (Å²) in [5.41, 5.74) is 1.71. The Labute approximate surface area is 162 Å². The molecule has 1 aromatic heterocycles. The van der Waals surface area contributed by atoms with Gasteiger partial charge in [0.1, 0.15) is 5.75 Å². The maximum atomic E-state index is 12.5. The number of ether oxygens (including phenoxy) is 2. The number of carbonyl (C=O) groups is 2. The van der Waals surface area contributed by atoms with E-state index in [-0.39, 0.29) is 5.69 Å². The van der Waals surface area contributed by atoms with Crippen LogP contribution in [0, 0.1) is 0 Å². The van der Waals surface area contributed by atoms with Gasteiger partial charge in [-0.3, -0.25) is 4.79 Å². The Morgan fingerprint density at radius 1 is 1.07 bits per heavy atom. The van der Waals surface area contributed by atoms with Crippen LogP contribution in [0.15, 0.2) is 60.8 Å². The Morgan fingerprint density at radius 3 is 2.43 bits per heavy atom. The first-order chi connectivity index (χ1) is 13.6. The second kappa shape index (κ2) is 8.81. The fraction of sp³-hybridized carbons (Fsp3) is 0.200. The van der Waals surface area contributed by atoms with Crippen molar-refractivity contribution >= 4 is 11.9 Å². The number of carbonyl (C=O) groups excluding carboxylic acids is 2. The molecule has 144 valence electrons. The van der Waals surface area contributed by atoms with Gasteiger partial charge in [0, 0.05) is 0 Å². The summed E-state index contributed by atoms with van der Waals surface area (Å²) in [4.78, 5) is 24.6. The highest BCUT2D eigenvalue weighted by molar-refractivity contribution is 5.95. The van der Waals surface area contributed by atoms with Gasteiger partial charge in [-0.15, -0.1) is 5.10 Å². The summed E-state index contributed by atoms with van der Waals surface area (Å²) in [6, 6.07) is 15.4. The molecule has 0 saturated carbocycles. The van der Waals surface area contributed by atoms with E-state index in [9.17, 15) is 9.59 Å². The van der Waals surface area contributed by atoms with Gasteiger partial charge in [-0.05, 0) is 23.3 Å². The Hall–Kier alpha value is -3.68. The minimum Gasteiger partial charge on any atom is -0.497 e. The van der Waals surface area contributed by atoms with Gasteiger partial charge in [-0.2, -0.15) is 0 Å². The van der Waals surface area contributed by atoms with E-state index in [4.69, 9.17) is 9.47 Å². The molecule has 0 radical (unpaired) electrons. The standard InChI is InChI=1S/C20H20N4O4/c1-27-16-10-8-14(9-11-16)12-24-13-17(22-23-24)19(25)21-18(20(26)28-2)15-6-4-3-5-7-15/h3-11,13,18H,12H2,1-2H3,(H,21,25)/t18-/m0/s1. The van der Waals surface area contributed by atoms with E-state index in [1.165, 1.54) is 13.3 Å². The fourth-order valence-electron chi connectivity index (χ4n) is 2.64. The summed E-state index contributed by atoms with van der Waals surface area (Å²) in [7, 11) is 2.88. The topological polar surface area (TPSA) is 95.3 Å². The minimum atomic E-state index is -0.926. The molecule has 3 aromatic rings. The van der Waals surface area contributed by atoms with Crippen LogP contribution in [0.5, 0.6) is 5.75 Å². The molecule has 0 aliphatic rings. The average Bonchev–Trinajstić information content (AvgIpc) is 3.21. The molecule has 3 rings (SSSR count). The van der Waals surface area contributed by atoms with E-state index in [0.29, 0.717) is 12.1 Å². The van der Waals surface area contributed by atoms with E-state index >= 15 is 0 Å². The molecular formula is C20H20N4O4. The van der Waals surface area contributed by atoms with Gasteiger partial charge in [-0.1, -0.05) is 47.7 Å². The molecular weight excluding hydrogens is 360 g/mol. The molecule has 2 aromatic carbocycles. The van der Waals surface area contributed by atoms with Crippen molar-refractivity contribution in [1.29, 1.82) is 0 Å². The third kappa shape index (κ3) is 4.53. The lowest BCUT2D eigenvalue weighted by molar-refractivity contribution is -0.143. The lowest BCUT2D eigenvalue weighted by Crippen LogP contribution is -2.34. The summed E-state index contributed by atoms with van der Waals surface area (Å²) in [5, 5.41) is 10.5. The van der Waals surface area contributed by atoms with Crippen LogP contribution in [-0.4, -0.2) is 41.1 Å². The van der Waals surface area contributed by atoms with Gasteiger partial charge in [0.05, 0.1) is 27.0 Å². The van der Waals surface area contributed by atoms with Gasteiger partial charge in [0.2, 0.25) is 0 Å². The predicted octanol–water partition coefficient (Wildman–Crippen LogP) is 1.98. The smallest absolute Gasteiger partial charge is 0.333 e. The first kappa shape index (κ1) is 19.1. The quantitative estimate of drug-likeness (QED) is 0.630. The molecule has 0 fully saturated rings. The molecule has 0 aliphatic heterocycles. The Bertz CT molecular complexity index is 938. The van der Waals surface area contributed by atoms with Crippen molar-refractivity contribution in [3.63, 3.8) is 0 Å². The molecule has 1 N–H and O–H groups in total. The average molecular weight is 380 g/mol. The SMILES string of the molecule is COC(=O)[C@@H](NC(=O)c1cn(Cc2ccc(OC)cc2)nn1)c1ccccc1. The minimum absolute atomic E-state index is 0.110. The van der Waals surface area contributed by atoms with E-state index in [0.717, 1.165) is 11.3 Å². The van der Waals surface area contributed by atoms with Gasteiger partial charge in [-0.25, -0.2) is 9.48 Å². The van der Waals surface area contributed by atoms with Crippen LogP contribution in [0.2, 0.25) is 0 Å². The Balaban J connectivity index is 1.70. The molecule has 28 heavy (non-hydrogen) atoms. The summed E-state index contributed by atoms with van der Waals surface area (Å²) in [6.07, 6.45) is 1.53. The van der Waals surface area contributed by atoms with E-state index in [1.54, 1.807) is 36.1 Å². The number of aromatic nitrogens is 3. The van der Waals surface area contributed by atoms with Crippen molar-refractivity contribution in [3.8, 4) is 5.75 Å². The zero-order valence-electron chi connectivity index (χ0n) is 15.5.